The monoisotopic (exact) mass is 238 g/mol. The van der Waals surface area contributed by atoms with Crippen LogP contribution in [-0.2, 0) is 0 Å². The van der Waals surface area contributed by atoms with Crippen LogP contribution in [0.25, 0.3) is 11.3 Å². The van der Waals surface area contributed by atoms with Gasteiger partial charge >= 0.3 is 0 Å². The van der Waals surface area contributed by atoms with Crippen molar-refractivity contribution >= 4 is 11.6 Å². The van der Waals surface area contributed by atoms with Crippen molar-refractivity contribution in [3.05, 3.63) is 41.4 Å². The van der Waals surface area contributed by atoms with Gasteiger partial charge in [-0.05, 0) is 18.2 Å². The summed E-state index contributed by atoms with van der Waals surface area (Å²) in [5, 5.41) is 0.308. The summed E-state index contributed by atoms with van der Waals surface area (Å²) in [4.78, 5) is 8.07. The Labute approximate surface area is 96.9 Å². The van der Waals surface area contributed by atoms with Crippen LogP contribution in [0.4, 0.5) is 4.39 Å². The van der Waals surface area contributed by atoms with Gasteiger partial charge in [0, 0.05) is 23.0 Å². The Morgan fingerprint density at radius 1 is 1.19 bits per heavy atom. The first kappa shape index (κ1) is 10.8. The van der Waals surface area contributed by atoms with Crippen LogP contribution in [0.5, 0.6) is 5.88 Å². The lowest BCUT2D eigenvalue weighted by Crippen LogP contribution is -1.94. The van der Waals surface area contributed by atoms with Gasteiger partial charge in [-0.15, -0.1) is 0 Å². The average molecular weight is 239 g/mol. The lowest BCUT2D eigenvalue weighted by molar-refractivity contribution is 0.397. The third-order valence-electron chi connectivity index (χ3n) is 1.99. The second-order valence-corrected chi connectivity index (χ2v) is 3.51. The predicted octanol–water partition coefficient (Wildman–Crippen LogP) is 2.94. The molecule has 0 fully saturated rings. The van der Waals surface area contributed by atoms with Gasteiger partial charge in [-0.25, -0.2) is 14.4 Å². The molecule has 0 spiro atoms. The van der Waals surface area contributed by atoms with Crippen LogP contribution in [0.1, 0.15) is 0 Å². The van der Waals surface area contributed by atoms with Gasteiger partial charge in [0.15, 0.2) is 0 Å². The fourth-order valence-electron chi connectivity index (χ4n) is 1.36. The third-order valence-corrected chi connectivity index (χ3v) is 2.21. The summed E-state index contributed by atoms with van der Waals surface area (Å²) < 4.78 is 18.2. The molecular weight excluding hydrogens is 231 g/mol. The van der Waals surface area contributed by atoms with E-state index < -0.39 is 5.82 Å². The standard InChI is InChI=1S/C11H8ClFN2O/c1-16-11-10(14-2-3-15-11)7-4-8(12)6-9(13)5-7/h2-6H,1H3. The minimum atomic E-state index is -0.421. The van der Waals surface area contributed by atoms with E-state index in [-0.39, 0.29) is 0 Å². The Morgan fingerprint density at radius 3 is 2.62 bits per heavy atom. The highest BCUT2D eigenvalue weighted by Crippen LogP contribution is 2.28. The molecule has 2 rings (SSSR count). The van der Waals surface area contributed by atoms with Crippen molar-refractivity contribution in [3.8, 4) is 17.1 Å². The Balaban J connectivity index is 2.58. The molecule has 0 radical (unpaired) electrons. The largest absolute Gasteiger partial charge is 0.479 e. The summed E-state index contributed by atoms with van der Waals surface area (Å²) in [6.45, 7) is 0. The fraction of sp³-hybridized carbons (Fsp3) is 0.0909. The SMILES string of the molecule is COc1nccnc1-c1cc(F)cc(Cl)c1. The van der Waals surface area contributed by atoms with E-state index in [0.717, 1.165) is 0 Å². The Hall–Kier alpha value is -1.68. The highest BCUT2D eigenvalue weighted by atomic mass is 35.5. The normalized spacial score (nSPS) is 10.2. The molecule has 1 aromatic heterocycles. The number of benzene rings is 1. The Morgan fingerprint density at radius 2 is 1.94 bits per heavy atom. The van der Waals surface area contributed by atoms with E-state index in [4.69, 9.17) is 16.3 Å². The van der Waals surface area contributed by atoms with Gasteiger partial charge in [-0.1, -0.05) is 11.6 Å². The van der Waals surface area contributed by atoms with Crippen molar-refractivity contribution in [3.63, 3.8) is 0 Å². The van der Waals surface area contributed by atoms with Gasteiger partial charge in [0.05, 0.1) is 7.11 Å². The second-order valence-electron chi connectivity index (χ2n) is 3.07. The number of halogens is 2. The van der Waals surface area contributed by atoms with E-state index in [1.807, 2.05) is 0 Å². The number of nitrogens with zero attached hydrogens (tertiary/aromatic N) is 2. The van der Waals surface area contributed by atoms with E-state index in [2.05, 4.69) is 9.97 Å². The number of hydrogen-bond acceptors (Lipinski definition) is 3. The molecule has 1 heterocycles. The molecule has 0 N–H and O–H groups in total. The van der Waals surface area contributed by atoms with E-state index in [0.29, 0.717) is 22.2 Å². The molecule has 0 atom stereocenters. The molecule has 0 aliphatic rings. The number of hydrogen-bond donors (Lipinski definition) is 0. The van der Waals surface area contributed by atoms with Crippen molar-refractivity contribution in [1.29, 1.82) is 0 Å². The number of ether oxygens (including phenoxy) is 1. The van der Waals surface area contributed by atoms with Crippen LogP contribution in [-0.4, -0.2) is 17.1 Å². The molecule has 0 aliphatic heterocycles. The van der Waals surface area contributed by atoms with E-state index in [1.165, 1.54) is 31.6 Å². The van der Waals surface area contributed by atoms with Gasteiger partial charge < -0.3 is 4.74 Å². The molecule has 2 aromatic rings. The minimum Gasteiger partial charge on any atom is -0.479 e. The number of aromatic nitrogens is 2. The molecule has 1 aromatic carbocycles. The summed E-state index contributed by atoms with van der Waals surface area (Å²) in [6.07, 6.45) is 3.01. The maximum Gasteiger partial charge on any atom is 0.240 e. The van der Waals surface area contributed by atoms with Crippen molar-refractivity contribution in [2.75, 3.05) is 7.11 Å². The van der Waals surface area contributed by atoms with Crippen LogP contribution < -0.4 is 4.74 Å². The zero-order chi connectivity index (χ0) is 11.5. The van der Waals surface area contributed by atoms with Crippen molar-refractivity contribution in [2.24, 2.45) is 0 Å². The zero-order valence-corrected chi connectivity index (χ0v) is 9.20. The molecule has 0 amide bonds. The molecule has 16 heavy (non-hydrogen) atoms. The molecular formula is C11H8ClFN2O. The maximum absolute atomic E-state index is 13.2. The summed E-state index contributed by atoms with van der Waals surface area (Å²) in [7, 11) is 1.48. The smallest absolute Gasteiger partial charge is 0.240 e. The lowest BCUT2D eigenvalue weighted by Gasteiger charge is -2.06. The van der Waals surface area contributed by atoms with Crippen LogP contribution in [0.2, 0.25) is 5.02 Å². The summed E-state index contributed by atoms with van der Waals surface area (Å²) in [6, 6.07) is 4.17. The van der Waals surface area contributed by atoms with Gasteiger partial charge in [0.2, 0.25) is 5.88 Å². The van der Waals surface area contributed by atoms with Crippen LogP contribution in [0.15, 0.2) is 30.6 Å². The van der Waals surface area contributed by atoms with E-state index >= 15 is 0 Å². The summed E-state index contributed by atoms with van der Waals surface area (Å²) in [5.74, 6) is -0.0839. The van der Waals surface area contributed by atoms with Crippen LogP contribution in [0, 0.1) is 5.82 Å². The third kappa shape index (κ3) is 2.12. The summed E-state index contributed by atoms with van der Waals surface area (Å²) >= 11 is 5.77. The predicted molar refractivity (Wildman–Crippen MR) is 59.0 cm³/mol. The molecule has 0 bridgehead atoms. The number of methoxy groups -OCH3 is 1. The number of rotatable bonds is 2. The van der Waals surface area contributed by atoms with Crippen molar-refractivity contribution in [1.82, 2.24) is 9.97 Å². The lowest BCUT2D eigenvalue weighted by atomic mass is 10.1. The van der Waals surface area contributed by atoms with Crippen LogP contribution >= 0.6 is 11.6 Å². The molecule has 0 saturated heterocycles. The Bertz CT molecular complexity index is 499. The zero-order valence-electron chi connectivity index (χ0n) is 8.45. The minimum absolute atomic E-state index is 0.308. The summed E-state index contributed by atoms with van der Waals surface area (Å²) in [5.41, 5.74) is 1.00. The topological polar surface area (TPSA) is 35.0 Å². The first-order valence-corrected chi connectivity index (χ1v) is 4.90. The quantitative estimate of drug-likeness (QED) is 0.807. The Kier molecular flexibility index (Phi) is 3.01. The first-order valence-electron chi connectivity index (χ1n) is 4.52. The highest BCUT2D eigenvalue weighted by molar-refractivity contribution is 6.30. The van der Waals surface area contributed by atoms with Gasteiger partial charge in [-0.3, -0.25) is 0 Å². The first-order chi connectivity index (χ1) is 7.70. The van der Waals surface area contributed by atoms with Gasteiger partial charge in [0.1, 0.15) is 11.5 Å². The van der Waals surface area contributed by atoms with E-state index in [9.17, 15) is 4.39 Å². The van der Waals surface area contributed by atoms with Crippen molar-refractivity contribution in [2.45, 2.75) is 0 Å². The van der Waals surface area contributed by atoms with E-state index in [1.54, 1.807) is 6.07 Å². The molecule has 0 unspecified atom stereocenters. The molecule has 0 saturated carbocycles. The highest BCUT2D eigenvalue weighted by Gasteiger charge is 2.09. The molecule has 3 nitrogen and oxygen atoms in total. The second kappa shape index (κ2) is 4.45. The maximum atomic E-state index is 13.2. The van der Waals surface area contributed by atoms with Crippen molar-refractivity contribution < 1.29 is 9.13 Å². The molecule has 82 valence electrons. The fourth-order valence-corrected chi connectivity index (χ4v) is 1.58. The van der Waals surface area contributed by atoms with Gasteiger partial charge in [-0.2, -0.15) is 0 Å². The molecule has 0 aliphatic carbocycles. The van der Waals surface area contributed by atoms with Crippen LogP contribution in [0.3, 0.4) is 0 Å². The van der Waals surface area contributed by atoms with Gasteiger partial charge in [0.25, 0.3) is 0 Å². The molecule has 5 heteroatoms. The average Bonchev–Trinajstić information content (AvgIpc) is 2.27.